The molecular weight excluding hydrogens is 504 g/mol. The zero-order valence-corrected chi connectivity index (χ0v) is 21.9. The second-order valence-corrected chi connectivity index (χ2v) is 10.2. The van der Waals surface area contributed by atoms with E-state index in [2.05, 4.69) is 15.6 Å². The van der Waals surface area contributed by atoms with Crippen molar-refractivity contribution in [3.8, 4) is 22.7 Å². The highest BCUT2D eigenvalue weighted by molar-refractivity contribution is 6.01. The summed E-state index contributed by atoms with van der Waals surface area (Å²) in [5.74, 6) is 0.640. The van der Waals surface area contributed by atoms with Crippen molar-refractivity contribution < 1.29 is 14.7 Å². The SMILES string of the molecule is NC(=O)Cc1cccc(-n2nc(C3CCCC3)cc2NC(=O)Nc2ccc(-c3cccc4c(O)[nH]cc34)cc2)c1. The lowest BCUT2D eigenvalue weighted by atomic mass is 10.0. The Morgan fingerprint density at radius 2 is 1.75 bits per heavy atom. The molecule has 2 aromatic heterocycles. The van der Waals surface area contributed by atoms with Gasteiger partial charge in [-0.1, -0.05) is 49.2 Å². The van der Waals surface area contributed by atoms with Crippen LogP contribution in [-0.4, -0.2) is 31.8 Å². The second kappa shape index (κ2) is 10.6. The number of H-pyrrole nitrogens is 1. The lowest BCUT2D eigenvalue weighted by Gasteiger charge is -2.11. The summed E-state index contributed by atoms with van der Waals surface area (Å²) in [6, 6.07) is 22.3. The average Bonchev–Trinajstić information content (AvgIpc) is 3.70. The van der Waals surface area contributed by atoms with Crippen molar-refractivity contribution >= 4 is 34.2 Å². The van der Waals surface area contributed by atoms with Crippen LogP contribution < -0.4 is 16.4 Å². The van der Waals surface area contributed by atoms with Crippen LogP contribution in [0.25, 0.3) is 27.6 Å². The molecule has 9 heteroatoms. The zero-order chi connectivity index (χ0) is 27.6. The molecule has 6 N–H and O–H groups in total. The van der Waals surface area contributed by atoms with Gasteiger partial charge in [-0.3, -0.25) is 10.1 Å². The summed E-state index contributed by atoms with van der Waals surface area (Å²) in [4.78, 5) is 27.4. The van der Waals surface area contributed by atoms with Gasteiger partial charge in [0.2, 0.25) is 5.91 Å². The van der Waals surface area contributed by atoms with Crippen molar-refractivity contribution in [2.45, 2.75) is 38.0 Å². The molecule has 3 amide bonds. The molecule has 5 aromatic rings. The van der Waals surface area contributed by atoms with Crippen LogP contribution >= 0.6 is 0 Å². The molecule has 6 rings (SSSR count). The monoisotopic (exact) mass is 534 g/mol. The van der Waals surface area contributed by atoms with Crippen LogP contribution in [0.15, 0.2) is 79.0 Å². The number of hydrogen-bond acceptors (Lipinski definition) is 4. The number of urea groups is 1. The zero-order valence-electron chi connectivity index (χ0n) is 21.9. The van der Waals surface area contributed by atoms with Crippen molar-refractivity contribution in [1.29, 1.82) is 0 Å². The number of fused-ring (bicyclic) bond motifs is 1. The van der Waals surface area contributed by atoms with E-state index in [-0.39, 0.29) is 12.3 Å². The molecule has 0 bridgehead atoms. The molecule has 3 aromatic carbocycles. The molecule has 0 atom stereocenters. The molecule has 0 aliphatic heterocycles. The Balaban J connectivity index is 1.22. The van der Waals surface area contributed by atoms with Gasteiger partial charge < -0.3 is 21.1 Å². The first kappa shape index (κ1) is 25.2. The number of nitrogens with two attached hydrogens (primary N) is 1. The topological polar surface area (TPSA) is 138 Å². The van der Waals surface area contributed by atoms with Crippen LogP contribution in [0.4, 0.5) is 16.3 Å². The number of carbonyl (C=O) groups is 2. The standard InChI is InChI=1S/C31H30N6O3/c32-28(38)16-19-5-3-8-23(15-19)37-29(17-27(36-37)21-6-1-2-7-21)35-31(40)34-22-13-11-20(12-14-22)24-9-4-10-25-26(24)18-33-30(25)39/h3-5,8-15,17-18,21,33,39H,1-2,6-7,16H2,(H2,32,38)(H2,34,35,40). The number of aromatic nitrogens is 3. The van der Waals surface area contributed by atoms with Crippen LogP contribution in [0, 0.1) is 0 Å². The van der Waals surface area contributed by atoms with Gasteiger partial charge in [-0.05, 0) is 59.9 Å². The molecule has 0 unspecified atom stereocenters. The summed E-state index contributed by atoms with van der Waals surface area (Å²) in [5, 5.41) is 22.4. The fourth-order valence-corrected chi connectivity index (χ4v) is 5.51. The number of nitrogens with one attached hydrogen (secondary N) is 3. The molecule has 1 saturated carbocycles. The van der Waals surface area contributed by atoms with Crippen LogP contribution in [0.1, 0.15) is 42.9 Å². The van der Waals surface area contributed by atoms with E-state index in [0.29, 0.717) is 17.4 Å². The highest BCUT2D eigenvalue weighted by Crippen LogP contribution is 2.36. The van der Waals surface area contributed by atoms with Gasteiger partial charge in [0.15, 0.2) is 5.88 Å². The van der Waals surface area contributed by atoms with E-state index in [0.717, 1.165) is 51.7 Å². The highest BCUT2D eigenvalue weighted by Gasteiger charge is 2.23. The molecule has 1 aliphatic carbocycles. The number of benzene rings is 3. The van der Waals surface area contributed by atoms with Gasteiger partial charge in [0, 0.05) is 34.6 Å². The Kier molecular flexibility index (Phi) is 6.69. The first-order chi connectivity index (χ1) is 19.4. The van der Waals surface area contributed by atoms with Gasteiger partial charge in [0.05, 0.1) is 17.8 Å². The predicted octanol–water partition coefficient (Wildman–Crippen LogP) is 6.06. The van der Waals surface area contributed by atoms with E-state index in [1.165, 1.54) is 12.8 Å². The van der Waals surface area contributed by atoms with Gasteiger partial charge in [-0.25, -0.2) is 9.48 Å². The van der Waals surface area contributed by atoms with E-state index in [9.17, 15) is 14.7 Å². The minimum Gasteiger partial charge on any atom is -0.494 e. The van der Waals surface area contributed by atoms with E-state index < -0.39 is 11.9 Å². The van der Waals surface area contributed by atoms with Crippen LogP contribution in [-0.2, 0) is 11.2 Å². The summed E-state index contributed by atoms with van der Waals surface area (Å²) in [6.45, 7) is 0. The largest absolute Gasteiger partial charge is 0.494 e. The Labute approximate surface area is 231 Å². The van der Waals surface area contributed by atoms with Crippen LogP contribution in [0.2, 0.25) is 0 Å². The Bertz CT molecular complexity index is 1700. The lowest BCUT2D eigenvalue weighted by molar-refractivity contribution is -0.117. The van der Waals surface area contributed by atoms with Crippen molar-refractivity contribution in [3.05, 3.63) is 90.3 Å². The normalized spacial score (nSPS) is 13.5. The van der Waals surface area contributed by atoms with E-state index >= 15 is 0 Å². The molecule has 202 valence electrons. The van der Waals surface area contributed by atoms with E-state index in [4.69, 9.17) is 10.8 Å². The number of primary amides is 1. The summed E-state index contributed by atoms with van der Waals surface area (Å²) in [7, 11) is 0. The maximum atomic E-state index is 13.1. The van der Waals surface area contributed by atoms with Crippen LogP contribution in [0.3, 0.4) is 0 Å². The summed E-state index contributed by atoms with van der Waals surface area (Å²) in [6.07, 6.45) is 6.41. The first-order valence-corrected chi connectivity index (χ1v) is 13.4. The summed E-state index contributed by atoms with van der Waals surface area (Å²) in [5.41, 5.74) is 10.4. The Morgan fingerprint density at radius 3 is 2.52 bits per heavy atom. The number of nitrogens with zero attached hydrogens (tertiary/aromatic N) is 2. The number of aromatic hydroxyl groups is 1. The van der Waals surface area contributed by atoms with Gasteiger partial charge in [-0.2, -0.15) is 5.10 Å². The second-order valence-electron chi connectivity index (χ2n) is 10.2. The van der Waals surface area contributed by atoms with Gasteiger partial charge in [-0.15, -0.1) is 0 Å². The third-order valence-corrected chi connectivity index (χ3v) is 7.45. The fourth-order valence-electron chi connectivity index (χ4n) is 5.51. The molecule has 1 fully saturated rings. The maximum Gasteiger partial charge on any atom is 0.324 e. The number of carbonyl (C=O) groups excluding carboxylic acids is 2. The Hall–Kier alpha value is -5.05. The number of aromatic amines is 1. The van der Waals surface area contributed by atoms with Gasteiger partial charge >= 0.3 is 6.03 Å². The molecule has 2 heterocycles. The number of amides is 3. The summed E-state index contributed by atoms with van der Waals surface area (Å²) < 4.78 is 1.72. The smallest absolute Gasteiger partial charge is 0.324 e. The highest BCUT2D eigenvalue weighted by atomic mass is 16.3. The maximum absolute atomic E-state index is 13.1. The summed E-state index contributed by atoms with van der Waals surface area (Å²) >= 11 is 0. The van der Waals surface area contributed by atoms with E-state index in [1.54, 1.807) is 10.9 Å². The van der Waals surface area contributed by atoms with Crippen LogP contribution in [0.5, 0.6) is 5.88 Å². The molecule has 0 spiro atoms. The van der Waals surface area contributed by atoms with Gasteiger partial charge in [0.25, 0.3) is 0 Å². The third-order valence-electron chi connectivity index (χ3n) is 7.45. The molecule has 9 nitrogen and oxygen atoms in total. The minimum absolute atomic E-state index is 0.129. The lowest BCUT2D eigenvalue weighted by Crippen LogP contribution is -2.21. The minimum atomic E-state index is -0.407. The predicted molar refractivity (Wildman–Crippen MR) is 156 cm³/mol. The number of hydrogen-bond donors (Lipinski definition) is 5. The molecule has 0 radical (unpaired) electrons. The first-order valence-electron chi connectivity index (χ1n) is 13.4. The fraction of sp³-hybridized carbons (Fsp3) is 0.194. The molecular formula is C31H30N6O3. The third kappa shape index (κ3) is 5.13. The van der Waals surface area contributed by atoms with E-state index in [1.807, 2.05) is 72.8 Å². The van der Waals surface area contributed by atoms with Crippen molar-refractivity contribution in [2.24, 2.45) is 5.73 Å². The quantitative estimate of drug-likeness (QED) is 0.173. The average molecular weight is 535 g/mol. The number of anilines is 2. The van der Waals surface area contributed by atoms with Crippen molar-refractivity contribution in [2.75, 3.05) is 10.6 Å². The molecule has 0 saturated heterocycles. The molecule has 40 heavy (non-hydrogen) atoms. The van der Waals surface area contributed by atoms with Gasteiger partial charge in [0.1, 0.15) is 5.82 Å². The van der Waals surface area contributed by atoms with Crippen molar-refractivity contribution in [1.82, 2.24) is 14.8 Å². The Morgan fingerprint density at radius 1 is 0.975 bits per heavy atom. The van der Waals surface area contributed by atoms with Crippen molar-refractivity contribution in [3.63, 3.8) is 0 Å². The molecule has 1 aliphatic rings. The number of rotatable bonds is 7.